The molecule has 1 heterocycles. The van der Waals surface area contributed by atoms with Crippen LogP contribution < -0.4 is 4.74 Å². The molecule has 19 heavy (non-hydrogen) atoms. The lowest BCUT2D eigenvalue weighted by molar-refractivity contribution is 0.414. The third-order valence-electron chi connectivity index (χ3n) is 2.79. The van der Waals surface area contributed by atoms with Gasteiger partial charge < -0.3 is 9.33 Å². The molecule has 2 rings (SSSR count). The second-order valence-electron chi connectivity index (χ2n) is 4.05. The third kappa shape index (κ3) is 2.51. The fraction of sp³-hybridized carbons (Fsp3) is 0.200. The number of sulfone groups is 1. The van der Waals surface area contributed by atoms with Crippen LogP contribution in [-0.2, 0) is 9.84 Å². The van der Waals surface area contributed by atoms with E-state index in [1.807, 2.05) is 7.74 Å². The lowest BCUT2D eigenvalue weighted by atomic mass is 9.67. The molecule has 0 saturated carbocycles. The quantitative estimate of drug-likeness (QED) is 0.682. The highest BCUT2D eigenvalue weighted by atomic mass is 32.2. The van der Waals surface area contributed by atoms with E-state index in [9.17, 15) is 8.42 Å². The van der Waals surface area contributed by atoms with Crippen molar-refractivity contribution in [1.82, 2.24) is 14.9 Å². The minimum absolute atomic E-state index is 0.0392. The summed E-state index contributed by atoms with van der Waals surface area (Å²) in [6.45, 7) is 1.72. The first kappa shape index (κ1) is 13.7. The van der Waals surface area contributed by atoms with Crippen LogP contribution in [0, 0.1) is 6.92 Å². The van der Waals surface area contributed by atoms with Crippen molar-refractivity contribution in [2.75, 3.05) is 7.11 Å². The molecule has 0 saturated heterocycles. The number of aromatic nitrogens is 3. The minimum atomic E-state index is -3.63. The summed E-state index contributed by atoms with van der Waals surface area (Å²) in [6, 6.07) is 4.82. The van der Waals surface area contributed by atoms with Crippen LogP contribution in [-0.4, -0.2) is 45.5 Å². The molecule has 2 aromatic rings. The van der Waals surface area contributed by atoms with Crippen molar-refractivity contribution in [2.24, 2.45) is 0 Å². The predicted octanol–water partition coefficient (Wildman–Crippen LogP) is -0.824. The lowest BCUT2D eigenvalue weighted by Crippen LogP contribution is -2.07. The molecule has 0 aliphatic rings. The van der Waals surface area contributed by atoms with Gasteiger partial charge in [-0.2, -0.15) is 0 Å². The fourth-order valence-corrected chi connectivity index (χ4v) is 3.08. The number of ether oxygens (including phenoxy) is 1. The molecule has 0 fully saturated rings. The first-order valence-corrected chi connectivity index (χ1v) is 7.27. The summed E-state index contributed by atoms with van der Waals surface area (Å²) >= 11 is 0. The second-order valence-corrected chi connectivity index (χ2v) is 5.91. The molecule has 0 spiro atoms. The van der Waals surface area contributed by atoms with Gasteiger partial charge in [-0.05, 0) is 30.7 Å². The third-order valence-corrected chi connectivity index (χ3v) is 4.56. The molecule has 6 nitrogen and oxygen atoms in total. The lowest BCUT2D eigenvalue weighted by Gasteiger charge is -2.07. The summed E-state index contributed by atoms with van der Waals surface area (Å²) < 4.78 is 31.4. The molecule has 1 aromatic heterocycles. The van der Waals surface area contributed by atoms with E-state index in [1.165, 1.54) is 24.0 Å². The average Bonchev–Trinajstić information content (AvgIpc) is 2.87. The van der Waals surface area contributed by atoms with Crippen molar-refractivity contribution in [1.29, 1.82) is 0 Å². The highest BCUT2D eigenvalue weighted by molar-refractivity contribution is 7.91. The molecule has 0 amide bonds. The maximum absolute atomic E-state index is 12.4. The van der Waals surface area contributed by atoms with Crippen LogP contribution in [0.5, 0.6) is 5.75 Å². The zero-order valence-corrected chi connectivity index (χ0v) is 11.8. The molecule has 0 bridgehead atoms. The molecule has 0 radical (unpaired) electrons. The van der Waals surface area contributed by atoms with Crippen molar-refractivity contribution in [3.05, 3.63) is 30.0 Å². The zero-order chi connectivity index (χ0) is 14.0. The number of nitrogens with zero attached hydrogens (tertiary/aromatic N) is 3. The Labute approximate surface area is 113 Å². The Bertz CT molecular complexity index is 700. The van der Waals surface area contributed by atoms with Gasteiger partial charge in [0, 0.05) is 6.20 Å². The van der Waals surface area contributed by atoms with Crippen LogP contribution in [0.3, 0.4) is 0 Å². The Morgan fingerprint density at radius 3 is 2.68 bits per heavy atom. The number of hydrogen-bond acceptors (Lipinski definition) is 5. The van der Waals surface area contributed by atoms with Crippen LogP contribution in [0.4, 0.5) is 0 Å². The van der Waals surface area contributed by atoms with E-state index in [1.54, 1.807) is 19.1 Å². The summed E-state index contributed by atoms with van der Waals surface area (Å²) in [5.41, 5.74) is 0.616. The smallest absolute Gasteiger partial charge is 0.227 e. The summed E-state index contributed by atoms with van der Waals surface area (Å²) in [5, 5.41) is 7.43. The number of rotatable bonds is 4. The first-order valence-electron chi connectivity index (χ1n) is 5.79. The number of benzene rings is 1. The maximum atomic E-state index is 12.4. The SMILES string of the molecule is BBn1cc(S(=O)(=O)c2ccc(OC)cc2C)nn1. The highest BCUT2D eigenvalue weighted by Gasteiger charge is 2.23. The van der Waals surface area contributed by atoms with Crippen molar-refractivity contribution >= 4 is 24.9 Å². The largest absolute Gasteiger partial charge is 0.497 e. The maximum Gasteiger partial charge on any atom is 0.227 e. The van der Waals surface area contributed by atoms with Gasteiger partial charge in [-0.3, -0.25) is 0 Å². The van der Waals surface area contributed by atoms with Crippen LogP contribution in [0.2, 0.25) is 0 Å². The Morgan fingerprint density at radius 1 is 1.42 bits per heavy atom. The van der Waals surface area contributed by atoms with Crippen LogP contribution in [0.15, 0.2) is 34.3 Å². The van der Waals surface area contributed by atoms with Gasteiger partial charge in [-0.25, -0.2) is 8.42 Å². The monoisotopic (exact) mass is 277 g/mol. The van der Waals surface area contributed by atoms with Gasteiger partial charge in [0.1, 0.15) is 5.75 Å². The van der Waals surface area contributed by atoms with Crippen LogP contribution in [0.25, 0.3) is 0 Å². The van der Waals surface area contributed by atoms with E-state index in [0.29, 0.717) is 18.6 Å². The molecule has 98 valence electrons. The Hall–Kier alpha value is -1.76. The fourth-order valence-electron chi connectivity index (χ4n) is 1.72. The van der Waals surface area contributed by atoms with Crippen LogP contribution >= 0.6 is 0 Å². The van der Waals surface area contributed by atoms with E-state index in [4.69, 9.17) is 4.74 Å². The average molecular weight is 277 g/mol. The van der Waals surface area contributed by atoms with Gasteiger partial charge >= 0.3 is 0 Å². The molecule has 0 aliphatic carbocycles. The van der Waals surface area contributed by atoms with E-state index >= 15 is 0 Å². The summed E-state index contributed by atoms with van der Waals surface area (Å²) in [6.07, 6.45) is 1.43. The first-order chi connectivity index (χ1) is 8.98. The van der Waals surface area contributed by atoms with Crippen molar-refractivity contribution < 1.29 is 13.2 Å². The second kappa shape index (κ2) is 5.08. The Morgan fingerprint density at radius 2 is 2.16 bits per heavy atom. The van der Waals surface area contributed by atoms with E-state index < -0.39 is 9.84 Å². The molecule has 0 N–H and O–H groups in total. The summed E-state index contributed by atoms with van der Waals surface area (Å²) in [4.78, 5) is 0.219. The molecule has 0 atom stereocenters. The van der Waals surface area contributed by atoms with E-state index in [2.05, 4.69) is 10.3 Å². The topological polar surface area (TPSA) is 74.1 Å². The van der Waals surface area contributed by atoms with Gasteiger partial charge in [0.2, 0.25) is 22.2 Å². The zero-order valence-electron chi connectivity index (χ0n) is 11.0. The molecule has 0 unspecified atom stereocenters. The van der Waals surface area contributed by atoms with E-state index in [0.717, 1.165) is 0 Å². The van der Waals surface area contributed by atoms with Gasteiger partial charge in [0.05, 0.1) is 19.7 Å². The summed E-state index contributed by atoms with van der Waals surface area (Å²) in [5.74, 6) is 0.619. The molecule has 9 heteroatoms. The highest BCUT2D eigenvalue weighted by Crippen LogP contribution is 2.25. The number of hydrogen-bond donors (Lipinski definition) is 0. The Kier molecular flexibility index (Phi) is 3.66. The van der Waals surface area contributed by atoms with Crippen molar-refractivity contribution in [3.63, 3.8) is 0 Å². The van der Waals surface area contributed by atoms with Gasteiger partial charge in [0.25, 0.3) is 0 Å². The number of aryl methyl sites for hydroxylation is 1. The molecular formula is C10H13B2N3O3S. The van der Waals surface area contributed by atoms with Gasteiger partial charge in [-0.1, -0.05) is 5.21 Å². The van der Waals surface area contributed by atoms with E-state index in [-0.39, 0.29) is 9.92 Å². The van der Waals surface area contributed by atoms with Gasteiger partial charge in [-0.15, -0.1) is 5.10 Å². The molecule has 1 aromatic carbocycles. The summed E-state index contributed by atoms with van der Waals surface area (Å²) in [7, 11) is 0.342. The van der Waals surface area contributed by atoms with Gasteiger partial charge in [0.15, 0.2) is 0 Å². The van der Waals surface area contributed by atoms with Crippen LogP contribution in [0.1, 0.15) is 5.56 Å². The Balaban J connectivity index is 2.50. The number of methoxy groups -OCH3 is 1. The molecular weight excluding hydrogens is 264 g/mol. The van der Waals surface area contributed by atoms with Crippen molar-refractivity contribution in [3.8, 4) is 5.75 Å². The standard InChI is InChI=1S/C10H13B2N3O3S/c1-7-5-8(18-2)3-4-9(7)19(16,17)10-6-15(12-11)14-13-10/h3-6,12H,11H2,1-2H3. The predicted molar refractivity (Wildman–Crippen MR) is 74.3 cm³/mol. The normalized spacial score (nSPS) is 11.3. The minimum Gasteiger partial charge on any atom is -0.497 e. The molecule has 0 aliphatic heterocycles. The van der Waals surface area contributed by atoms with Crippen molar-refractivity contribution in [2.45, 2.75) is 16.8 Å².